The Hall–Kier alpha value is -1.31. The number of pyridine rings is 1. The summed E-state index contributed by atoms with van der Waals surface area (Å²) >= 11 is 5.78. The summed E-state index contributed by atoms with van der Waals surface area (Å²) in [6.07, 6.45) is 1.68. The number of aromatic nitrogens is 1. The van der Waals surface area contributed by atoms with Gasteiger partial charge in [-0.05, 0) is 6.07 Å². The minimum absolute atomic E-state index is 0.176. The van der Waals surface area contributed by atoms with Gasteiger partial charge in [0, 0.05) is 23.5 Å². The number of hydrogen-bond acceptors (Lipinski definition) is 4. The number of halogens is 1. The van der Waals surface area contributed by atoms with Crippen molar-refractivity contribution >= 4 is 17.3 Å². The van der Waals surface area contributed by atoms with Crippen molar-refractivity contribution in [3.05, 3.63) is 23.0 Å². The lowest BCUT2D eigenvalue weighted by Gasteiger charge is -2.11. The zero-order valence-corrected chi connectivity index (χ0v) is 7.62. The first-order valence-corrected chi connectivity index (χ1v) is 4.07. The molecule has 0 aliphatic rings. The van der Waals surface area contributed by atoms with E-state index in [1.807, 2.05) is 6.07 Å². The van der Waals surface area contributed by atoms with Crippen LogP contribution in [0.5, 0.6) is 0 Å². The molecule has 0 aliphatic carbocycles. The molecule has 0 saturated heterocycles. The first-order chi connectivity index (χ1) is 6.16. The van der Waals surface area contributed by atoms with E-state index in [4.69, 9.17) is 28.3 Å². The molecule has 0 aromatic carbocycles. The Morgan fingerprint density at radius 3 is 2.92 bits per heavy atom. The Morgan fingerprint density at radius 2 is 2.38 bits per heavy atom. The number of nitriles is 1. The maximum absolute atomic E-state index is 8.45. The van der Waals surface area contributed by atoms with E-state index in [2.05, 4.69) is 4.98 Å². The van der Waals surface area contributed by atoms with Crippen LogP contribution in [0.3, 0.4) is 0 Å². The summed E-state index contributed by atoms with van der Waals surface area (Å²) in [5, 5.41) is 8.71. The summed E-state index contributed by atoms with van der Waals surface area (Å²) in [6, 6.07) is 3.10. The summed E-state index contributed by atoms with van der Waals surface area (Å²) in [4.78, 5) is 3.84. The molecular formula is C8H9ClN4. The second-order valence-corrected chi connectivity index (χ2v) is 2.93. The van der Waals surface area contributed by atoms with Crippen molar-refractivity contribution in [3.63, 3.8) is 0 Å². The number of nitrogens with zero attached hydrogens (tertiary/aromatic N) is 2. The Kier molecular flexibility index (Phi) is 3.07. The number of nitrogen functional groups attached to an aromatic ring is 1. The lowest BCUT2D eigenvalue weighted by molar-refractivity contribution is 0.747. The van der Waals surface area contributed by atoms with Crippen molar-refractivity contribution in [1.82, 2.24) is 4.98 Å². The van der Waals surface area contributed by atoms with Gasteiger partial charge in [0.25, 0.3) is 0 Å². The minimum Gasteiger partial charge on any atom is -0.398 e. The first-order valence-electron chi connectivity index (χ1n) is 3.69. The van der Waals surface area contributed by atoms with E-state index in [0.717, 1.165) is 0 Å². The van der Waals surface area contributed by atoms with E-state index in [1.54, 1.807) is 6.07 Å². The molecule has 13 heavy (non-hydrogen) atoms. The Bertz CT molecular complexity index is 324. The maximum Gasteiger partial charge on any atom is 0.135 e. The van der Waals surface area contributed by atoms with Crippen LogP contribution in [-0.2, 0) is 0 Å². The molecule has 5 heteroatoms. The zero-order valence-electron chi connectivity index (χ0n) is 6.87. The average molecular weight is 197 g/mol. The number of anilines is 1. The molecule has 4 nitrogen and oxygen atoms in total. The summed E-state index contributed by atoms with van der Waals surface area (Å²) < 4.78 is 0. The highest BCUT2D eigenvalue weighted by Crippen LogP contribution is 2.26. The van der Waals surface area contributed by atoms with E-state index < -0.39 is 6.04 Å². The quantitative estimate of drug-likeness (QED) is 0.697. The molecule has 0 radical (unpaired) electrons. The van der Waals surface area contributed by atoms with Gasteiger partial charge in [-0.2, -0.15) is 5.26 Å². The topological polar surface area (TPSA) is 88.7 Å². The smallest absolute Gasteiger partial charge is 0.135 e. The van der Waals surface area contributed by atoms with Gasteiger partial charge in [0.05, 0.1) is 12.5 Å². The van der Waals surface area contributed by atoms with Crippen LogP contribution in [0.25, 0.3) is 0 Å². The molecule has 1 aromatic heterocycles. The van der Waals surface area contributed by atoms with Crippen LogP contribution in [0.2, 0.25) is 5.15 Å². The van der Waals surface area contributed by atoms with E-state index in [9.17, 15) is 0 Å². The van der Waals surface area contributed by atoms with Crippen molar-refractivity contribution in [2.45, 2.75) is 12.5 Å². The van der Waals surface area contributed by atoms with Gasteiger partial charge in [-0.1, -0.05) is 11.6 Å². The van der Waals surface area contributed by atoms with Gasteiger partial charge in [-0.15, -0.1) is 0 Å². The van der Waals surface area contributed by atoms with Crippen LogP contribution in [0.4, 0.5) is 5.69 Å². The van der Waals surface area contributed by atoms with Gasteiger partial charge < -0.3 is 11.5 Å². The highest BCUT2D eigenvalue weighted by atomic mass is 35.5. The fraction of sp³-hybridized carbons (Fsp3) is 0.250. The molecule has 0 saturated carbocycles. The van der Waals surface area contributed by atoms with Crippen LogP contribution in [0.1, 0.15) is 18.0 Å². The monoisotopic (exact) mass is 196 g/mol. The van der Waals surface area contributed by atoms with Crippen LogP contribution in [0, 0.1) is 11.3 Å². The average Bonchev–Trinajstić information content (AvgIpc) is 2.04. The molecule has 1 atom stereocenters. The standard InChI is InChI=1S/C8H9ClN4/c9-8-7(5(11)1-3-10)6(12)2-4-13-8/h2,4-5H,1,11H2,(H2,12,13)/t5-/m0/s1. The summed E-state index contributed by atoms with van der Waals surface area (Å²) in [5.41, 5.74) is 12.3. The highest BCUT2D eigenvalue weighted by molar-refractivity contribution is 6.30. The molecule has 0 unspecified atom stereocenters. The molecule has 1 aromatic rings. The Balaban J connectivity index is 3.06. The van der Waals surface area contributed by atoms with E-state index in [1.165, 1.54) is 6.20 Å². The van der Waals surface area contributed by atoms with E-state index in [-0.39, 0.29) is 11.6 Å². The summed E-state index contributed by atoms with van der Waals surface area (Å²) in [6.45, 7) is 0. The number of hydrogen-bond donors (Lipinski definition) is 2. The molecule has 1 heterocycles. The third-order valence-electron chi connectivity index (χ3n) is 1.66. The van der Waals surface area contributed by atoms with E-state index in [0.29, 0.717) is 11.3 Å². The van der Waals surface area contributed by atoms with E-state index >= 15 is 0 Å². The third kappa shape index (κ3) is 2.08. The second kappa shape index (κ2) is 4.08. The maximum atomic E-state index is 8.45. The van der Waals surface area contributed by atoms with Gasteiger partial charge in [0.15, 0.2) is 0 Å². The molecule has 0 amide bonds. The van der Waals surface area contributed by atoms with Crippen molar-refractivity contribution < 1.29 is 0 Å². The summed E-state index contributed by atoms with van der Waals surface area (Å²) in [5.74, 6) is 0. The summed E-state index contributed by atoms with van der Waals surface area (Å²) in [7, 11) is 0. The van der Waals surface area contributed by atoms with Gasteiger partial charge in [-0.3, -0.25) is 0 Å². The van der Waals surface area contributed by atoms with Crippen LogP contribution in [-0.4, -0.2) is 4.98 Å². The molecule has 68 valence electrons. The lowest BCUT2D eigenvalue weighted by atomic mass is 10.1. The van der Waals surface area contributed by atoms with Crippen molar-refractivity contribution in [2.75, 3.05) is 5.73 Å². The van der Waals surface area contributed by atoms with Gasteiger partial charge in [0.2, 0.25) is 0 Å². The molecule has 1 rings (SSSR count). The normalized spacial score (nSPS) is 12.1. The molecule has 0 bridgehead atoms. The first kappa shape index (κ1) is 9.78. The Labute approximate surface area is 81.1 Å². The predicted octanol–water partition coefficient (Wildman–Crippen LogP) is 1.23. The van der Waals surface area contributed by atoms with Crippen LogP contribution >= 0.6 is 11.6 Å². The van der Waals surface area contributed by atoms with Crippen LogP contribution in [0.15, 0.2) is 12.3 Å². The SMILES string of the molecule is N#CC[C@H](N)c1c(N)ccnc1Cl. The highest BCUT2D eigenvalue weighted by Gasteiger charge is 2.13. The van der Waals surface area contributed by atoms with Crippen molar-refractivity contribution in [1.29, 1.82) is 5.26 Å². The number of nitrogens with two attached hydrogens (primary N) is 2. The van der Waals surface area contributed by atoms with Gasteiger partial charge in [0.1, 0.15) is 5.15 Å². The van der Waals surface area contributed by atoms with Crippen LogP contribution < -0.4 is 11.5 Å². The Morgan fingerprint density at radius 1 is 1.69 bits per heavy atom. The molecule has 0 spiro atoms. The molecular weight excluding hydrogens is 188 g/mol. The van der Waals surface area contributed by atoms with Crippen molar-refractivity contribution in [2.24, 2.45) is 5.73 Å². The lowest BCUT2D eigenvalue weighted by Crippen LogP contribution is -2.12. The third-order valence-corrected chi connectivity index (χ3v) is 1.96. The van der Waals surface area contributed by atoms with Crippen molar-refractivity contribution in [3.8, 4) is 6.07 Å². The fourth-order valence-electron chi connectivity index (χ4n) is 1.03. The van der Waals surface area contributed by atoms with Gasteiger partial charge in [-0.25, -0.2) is 4.98 Å². The van der Waals surface area contributed by atoms with Gasteiger partial charge >= 0.3 is 0 Å². The predicted molar refractivity (Wildman–Crippen MR) is 50.8 cm³/mol. The largest absolute Gasteiger partial charge is 0.398 e. The molecule has 0 fully saturated rings. The zero-order chi connectivity index (χ0) is 9.84. The molecule has 4 N–H and O–H groups in total. The fourth-order valence-corrected chi connectivity index (χ4v) is 1.33. The molecule has 0 aliphatic heterocycles. The minimum atomic E-state index is -0.466. The number of rotatable bonds is 2. The second-order valence-electron chi connectivity index (χ2n) is 2.57.